The molecule has 0 spiro atoms. The standard InChI is InChI=1S/C15H16ClN3/c16-12-6-1-2-7-13(12)19-15-11(8-9-17-15)14(18-19)10-4-3-5-10/h1-2,6-7,10,17H,3-5,8-9H2. The molecule has 4 heteroatoms. The highest BCUT2D eigenvalue weighted by molar-refractivity contribution is 6.32. The number of halogens is 1. The van der Waals surface area contributed by atoms with Crippen LogP contribution in [0.3, 0.4) is 0 Å². The van der Waals surface area contributed by atoms with Crippen molar-refractivity contribution in [1.29, 1.82) is 0 Å². The topological polar surface area (TPSA) is 29.9 Å². The maximum absolute atomic E-state index is 6.31. The number of fused-ring (bicyclic) bond motifs is 1. The van der Waals surface area contributed by atoms with E-state index in [1.54, 1.807) is 0 Å². The van der Waals surface area contributed by atoms with Gasteiger partial charge in [-0.15, -0.1) is 0 Å². The number of nitrogens with one attached hydrogen (secondary N) is 1. The van der Waals surface area contributed by atoms with Gasteiger partial charge in [0.05, 0.1) is 16.4 Å². The van der Waals surface area contributed by atoms with E-state index in [0.29, 0.717) is 5.92 Å². The van der Waals surface area contributed by atoms with Crippen LogP contribution >= 0.6 is 11.6 Å². The van der Waals surface area contributed by atoms with Gasteiger partial charge in [0.15, 0.2) is 0 Å². The number of benzene rings is 1. The van der Waals surface area contributed by atoms with Crippen molar-refractivity contribution in [1.82, 2.24) is 9.78 Å². The average Bonchev–Trinajstić information content (AvgIpc) is 2.92. The van der Waals surface area contributed by atoms with Crippen molar-refractivity contribution in [2.45, 2.75) is 31.6 Å². The van der Waals surface area contributed by atoms with E-state index in [1.165, 1.54) is 30.5 Å². The van der Waals surface area contributed by atoms with E-state index < -0.39 is 0 Å². The molecule has 4 rings (SSSR count). The molecule has 2 heterocycles. The maximum Gasteiger partial charge on any atom is 0.133 e. The molecule has 1 N–H and O–H groups in total. The number of para-hydroxylation sites is 1. The van der Waals surface area contributed by atoms with Gasteiger partial charge in [0, 0.05) is 18.0 Å². The molecule has 98 valence electrons. The molecule has 2 aromatic rings. The van der Waals surface area contributed by atoms with Crippen molar-refractivity contribution in [3.8, 4) is 5.69 Å². The fraction of sp³-hybridized carbons (Fsp3) is 0.400. The summed E-state index contributed by atoms with van der Waals surface area (Å²) < 4.78 is 2.00. The predicted octanol–water partition coefficient (Wildman–Crippen LogP) is 3.76. The van der Waals surface area contributed by atoms with E-state index in [0.717, 1.165) is 29.5 Å². The Balaban J connectivity index is 1.87. The highest BCUT2D eigenvalue weighted by Gasteiger charge is 2.31. The second kappa shape index (κ2) is 4.27. The molecule has 1 aliphatic carbocycles. The second-order valence-corrected chi connectivity index (χ2v) is 5.79. The summed E-state index contributed by atoms with van der Waals surface area (Å²) in [6.45, 7) is 1.01. The van der Waals surface area contributed by atoms with Gasteiger partial charge in [-0.25, -0.2) is 4.68 Å². The Morgan fingerprint density at radius 3 is 2.84 bits per heavy atom. The third-order valence-corrected chi connectivity index (χ3v) is 4.57. The molecule has 0 unspecified atom stereocenters. The van der Waals surface area contributed by atoms with Gasteiger partial charge in [-0.3, -0.25) is 0 Å². The van der Waals surface area contributed by atoms with Gasteiger partial charge in [-0.2, -0.15) is 5.10 Å². The van der Waals surface area contributed by atoms with Crippen molar-refractivity contribution < 1.29 is 0 Å². The lowest BCUT2D eigenvalue weighted by Gasteiger charge is -2.24. The number of rotatable bonds is 2. The zero-order valence-electron chi connectivity index (χ0n) is 10.7. The van der Waals surface area contributed by atoms with Crippen LogP contribution in [0.4, 0.5) is 5.82 Å². The zero-order chi connectivity index (χ0) is 12.8. The van der Waals surface area contributed by atoms with E-state index in [-0.39, 0.29) is 0 Å². The molecule has 0 atom stereocenters. The summed E-state index contributed by atoms with van der Waals surface area (Å²) in [5.74, 6) is 1.81. The lowest BCUT2D eigenvalue weighted by molar-refractivity contribution is 0.407. The normalized spacial score (nSPS) is 17.9. The van der Waals surface area contributed by atoms with Crippen molar-refractivity contribution in [3.63, 3.8) is 0 Å². The molecule has 0 bridgehead atoms. The Hall–Kier alpha value is -1.48. The molecule has 3 nitrogen and oxygen atoms in total. The first-order valence-electron chi connectivity index (χ1n) is 6.95. The Morgan fingerprint density at radius 1 is 1.26 bits per heavy atom. The van der Waals surface area contributed by atoms with Gasteiger partial charge in [-0.05, 0) is 31.4 Å². The Bertz CT molecular complexity index is 628. The lowest BCUT2D eigenvalue weighted by Crippen LogP contribution is -2.12. The van der Waals surface area contributed by atoms with Gasteiger partial charge in [0.25, 0.3) is 0 Å². The van der Waals surface area contributed by atoms with Crippen molar-refractivity contribution in [3.05, 3.63) is 40.5 Å². The minimum Gasteiger partial charge on any atom is -0.369 e. The maximum atomic E-state index is 6.31. The molecule has 19 heavy (non-hydrogen) atoms. The van der Waals surface area contributed by atoms with Crippen molar-refractivity contribution >= 4 is 17.4 Å². The first-order valence-corrected chi connectivity index (χ1v) is 7.33. The SMILES string of the molecule is Clc1ccccc1-n1nc(C2CCC2)c2c1NCC2. The first-order chi connectivity index (χ1) is 9.34. The molecule has 0 saturated heterocycles. The van der Waals surface area contributed by atoms with Crippen LogP contribution in [0.1, 0.15) is 36.4 Å². The van der Waals surface area contributed by atoms with Gasteiger partial charge in [-0.1, -0.05) is 30.2 Å². The fourth-order valence-corrected chi connectivity index (χ4v) is 3.22. The monoisotopic (exact) mass is 273 g/mol. The largest absolute Gasteiger partial charge is 0.369 e. The zero-order valence-corrected chi connectivity index (χ0v) is 11.5. The minimum atomic E-state index is 0.664. The minimum absolute atomic E-state index is 0.664. The molecule has 2 aliphatic rings. The smallest absolute Gasteiger partial charge is 0.133 e. The van der Waals surface area contributed by atoms with Crippen molar-refractivity contribution in [2.24, 2.45) is 0 Å². The number of aromatic nitrogens is 2. The molecule has 0 amide bonds. The molecule has 1 saturated carbocycles. The van der Waals surface area contributed by atoms with Crippen LogP contribution in [0.5, 0.6) is 0 Å². The van der Waals surface area contributed by atoms with E-state index in [2.05, 4.69) is 5.32 Å². The second-order valence-electron chi connectivity index (χ2n) is 5.38. The average molecular weight is 274 g/mol. The fourth-order valence-electron chi connectivity index (χ4n) is 3.01. The Kier molecular flexibility index (Phi) is 2.55. The molecule has 0 radical (unpaired) electrons. The van der Waals surface area contributed by atoms with Gasteiger partial charge < -0.3 is 5.32 Å². The van der Waals surface area contributed by atoms with E-state index in [1.807, 2.05) is 28.9 Å². The molecule has 1 aromatic heterocycles. The van der Waals surface area contributed by atoms with Crippen LogP contribution < -0.4 is 5.32 Å². The number of nitrogens with zero attached hydrogens (tertiary/aromatic N) is 2. The van der Waals surface area contributed by atoms with E-state index in [9.17, 15) is 0 Å². The number of hydrogen-bond donors (Lipinski definition) is 1. The van der Waals surface area contributed by atoms with Crippen LogP contribution in [0, 0.1) is 0 Å². The van der Waals surface area contributed by atoms with Gasteiger partial charge in [0.1, 0.15) is 5.82 Å². The summed E-state index contributed by atoms with van der Waals surface area (Å²) in [6.07, 6.45) is 5.00. The quantitative estimate of drug-likeness (QED) is 0.903. The Morgan fingerprint density at radius 2 is 2.11 bits per heavy atom. The highest BCUT2D eigenvalue weighted by atomic mass is 35.5. The summed E-state index contributed by atoms with van der Waals surface area (Å²) in [4.78, 5) is 0. The summed E-state index contributed by atoms with van der Waals surface area (Å²) >= 11 is 6.31. The van der Waals surface area contributed by atoms with Gasteiger partial charge in [0.2, 0.25) is 0 Å². The molecule has 1 aromatic carbocycles. The summed E-state index contributed by atoms with van der Waals surface area (Å²) in [7, 11) is 0. The summed E-state index contributed by atoms with van der Waals surface area (Å²) in [5.41, 5.74) is 3.68. The van der Waals surface area contributed by atoms with Crippen LogP contribution in [0.15, 0.2) is 24.3 Å². The van der Waals surface area contributed by atoms with E-state index >= 15 is 0 Å². The molecular formula is C15H16ClN3. The van der Waals surface area contributed by atoms with Crippen LogP contribution in [-0.2, 0) is 6.42 Å². The van der Waals surface area contributed by atoms with Crippen LogP contribution in [0.25, 0.3) is 5.69 Å². The highest BCUT2D eigenvalue weighted by Crippen LogP contribution is 2.42. The van der Waals surface area contributed by atoms with Crippen LogP contribution in [0.2, 0.25) is 5.02 Å². The predicted molar refractivity (Wildman–Crippen MR) is 77.4 cm³/mol. The molecular weight excluding hydrogens is 258 g/mol. The molecule has 1 aliphatic heterocycles. The van der Waals surface area contributed by atoms with Crippen LogP contribution in [-0.4, -0.2) is 16.3 Å². The summed E-state index contributed by atoms with van der Waals surface area (Å²) in [5, 5.41) is 9.07. The van der Waals surface area contributed by atoms with Gasteiger partial charge >= 0.3 is 0 Å². The Labute approximate surface area is 117 Å². The third kappa shape index (κ3) is 1.68. The molecule has 1 fully saturated rings. The number of hydrogen-bond acceptors (Lipinski definition) is 2. The lowest BCUT2D eigenvalue weighted by atomic mass is 9.81. The number of anilines is 1. The van der Waals surface area contributed by atoms with Crippen molar-refractivity contribution in [2.75, 3.05) is 11.9 Å². The van der Waals surface area contributed by atoms with E-state index in [4.69, 9.17) is 16.7 Å². The summed E-state index contributed by atoms with van der Waals surface area (Å²) in [6, 6.07) is 7.91. The first kappa shape index (κ1) is 11.4. The third-order valence-electron chi connectivity index (χ3n) is 4.25.